The molecule has 2 amide bonds. The van der Waals surface area contributed by atoms with Crippen LogP contribution in [0.3, 0.4) is 0 Å². The molecule has 2 saturated heterocycles. The highest BCUT2D eigenvalue weighted by Crippen LogP contribution is 2.60. The number of amides is 2. The molecule has 3 aromatic carbocycles. The molecule has 13 heteroatoms. The monoisotopic (exact) mass is 786 g/mol. The number of aliphatic hydroxyl groups is 1. The molecule has 0 bridgehead atoms. The van der Waals surface area contributed by atoms with Crippen molar-refractivity contribution in [3.8, 4) is 0 Å². The standard InChI is InChI=1S/C39H47BrN6O5Si/c1-25-36(52(2,3)50)35(17-19-45-23-33(43-44-45)31(24-47)27-8-5-4-6-9-27)51-39(25)32-20-29(40)13-16-34(32)46(38(39)49)22-26-11-14-30(15-12-26)42-37(48)28-10-7-18-41-21-28/h4-6,8-9,11-16,20,23,25,28,31,35-36,41,47,50H,7,10,17-19,21-22,24H2,1-3H3,(H,42,48)/t25-,28?,31?,35+,36-,39+/m0/s1. The van der Waals surface area contributed by atoms with Crippen molar-refractivity contribution < 1.29 is 24.2 Å². The van der Waals surface area contributed by atoms with E-state index in [0.717, 1.165) is 51.9 Å². The molecule has 3 aliphatic heterocycles. The highest BCUT2D eigenvalue weighted by atomic mass is 79.9. The Morgan fingerprint density at radius 2 is 1.92 bits per heavy atom. The molecule has 0 saturated carbocycles. The second-order valence-corrected chi connectivity index (χ2v) is 19.9. The van der Waals surface area contributed by atoms with Gasteiger partial charge < -0.3 is 30.2 Å². The summed E-state index contributed by atoms with van der Waals surface area (Å²) in [6, 6.07) is 23.3. The van der Waals surface area contributed by atoms with Crippen molar-refractivity contribution in [2.24, 2.45) is 11.8 Å². The summed E-state index contributed by atoms with van der Waals surface area (Å²) >= 11 is 3.65. The quantitative estimate of drug-likeness (QED) is 0.145. The number of aliphatic hydroxyl groups excluding tert-OH is 1. The molecule has 6 atom stereocenters. The molecule has 4 heterocycles. The molecule has 2 fully saturated rings. The Kier molecular flexibility index (Phi) is 10.5. The van der Waals surface area contributed by atoms with E-state index in [4.69, 9.17) is 4.74 Å². The minimum Gasteiger partial charge on any atom is -0.432 e. The average Bonchev–Trinajstić information content (AvgIpc) is 3.79. The lowest BCUT2D eigenvalue weighted by atomic mass is 9.82. The number of nitrogens with one attached hydrogen (secondary N) is 2. The summed E-state index contributed by atoms with van der Waals surface area (Å²) < 4.78 is 9.62. The van der Waals surface area contributed by atoms with Gasteiger partial charge in [0.1, 0.15) is 0 Å². The number of anilines is 2. The van der Waals surface area contributed by atoms with E-state index in [0.29, 0.717) is 31.7 Å². The van der Waals surface area contributed by atoms with E-state index in [2.05, 4.69) is 36.9 Å². The minimum absolute atomic E-state index is 0.0220. The fraction of sp³-hybridized carbons (Fsp3) is 0.436. The Labute approximate surface area is 314 Å². The molecule has 11 nitrogen and oxygen atoms in total. The third kappa shape index (κ3) is 7.02. The van der Waals surface area contributed by atoms with Crippen molar-refractivity contribution in [3.05, 3.63) is 106 Å². The number of halogens is 1. The van der Waals surface area contributed by atoms with Gasteiger partial charge in [0.05, 0.1) is 42.5 Å². The highest BCUT2D eigenvalue weighted by molar-refractivity contribution is 9.10. The van der Waals surface area contributed by atoms with E-state index >= 15 is 0 Å². The molecule has 0 radical (unpaired) electrons. The van der Waals surface area contributed by atoms with E-state index in [1.54, 1.807) is 9.58 Å². The van der Waals surface area contributed by atoms with Gasteiger partial charge in [0.15, 0.2) is 13.9 Å². The van der Waals surface area contributed by atoms with Crippen molar-refractivity contribution in [1.29, 1.82) is 0 Å². The highest BCUT2D eigenvalue weighted by Gasteiger charge is 2.66. The van der Waals surface area contributed by atoms with E-state index in [-0.39, 0.29) is 41.7 Å². The molecule has 4 aromatic rings. The van der Waals surface area contributed by atoms with E-state index in [9.17, 15) is 19.5 Å². The fourth-order valence-electron chi connectivity index (χ4n) is 8.57. The van der Waals surface area contributed by atoms with Gasteiger partial charge in [-0.3, -0.25) is 14.3 Å². The first-order chi connectivity index (χ1) is 25.0. The largest absolute Gasteiger partial charge is 0.432 e. The van der Waals surface area contributed by atoms with Gasteiger partial charge in [-0.15, -0.1) is 5.10 Å². The average molecular weight is 788 g/mol. The van der Waals surface area contributed by atoms with Gasteiger partial charge in [-0.1, -0.05) is 70.5 Å². The Balaban J connectivity index is 1.11. The number of hydrogen-bond acceptors (Lipinski definition) is 8. The van der Waals surface area contributed by atoms with Gasteiger partial charge in [0.2, 0.25) is 5.91 Å². The number of aromatic nitrogens is 3. The maximum absolute atomic E-state index is 14.8. The zero-order valence-corrected chi connectivity index (χ0v) is 32.4. The summed E-state index contributed by atoms with van der Waals surface area (Å²) in [4.78, 5) is 41.2. The summed E-state index contributed by atoms with van der Waals surface area (Å²) in [5.41, 5.74) is 3.37. The number of hydrogen-bond donors (Lipinski definition) is 4. The first-order valence-corrected chi connectivity index (χ1v) is 22.0. The molecule has 3 aliphatic rings. The van der Waals surface area contributed by atoms with Crippen LogP contribution in [0.25, 0.3) is 0 Å². The van der Waals surface area contributed by atoms with E-state index < -0.39 is 20.0 Å². The predicted octanol–water partition coefficient (Wildman–Crippen LogP) is 5.54. The first kappa shape index (κ1) is 36.6. The Morgan fingerprint density at radius 1 is 1.15 bits per heavy atom. The molecule has 7 rings (SSSR count). The van der Waals surface area contributed by atoms with Gasteiger partial charge in [-0.25, -0.2) is 0 Å². The van der Waals surface area contributed by atoms with Crippen molar-refractivity contribution in [1.82, 2.24) is 20.3 Å². The molecule has 1 spiro atoms. The van der Waals surface area contributed by atoms with Crippen molar-refractivity contribution in [2.75, 3.05) is 29.9 Å². The van der Waals surface area contributed by atoms with Crippen LogP contribution < -0.4 is 15.5 Å². The number of benzene rings is 3. The van der Waals surface area contributed by atoms with Crippen LogP contribution in [0.1, 0.15) is 54.5 Å². The lowest BCUT2D eigenvalue weighted by molar-refractivity contribution is -0.146. The van der Waals surface area contributed by atoms with Crippen LogP contribution in [0.5, 0.6) is 0 Å². The van der Waals surface area contributed by atoms with Crippen LogP contribution in [0, 0.1) is 11.8 Å². The Morgan fingerprint density at radius 3 is 2.62 bits per heavy atom. The van der Waals surface area contributed by atoms with Crippen molar-refractivity contribution >= 4 is 47.4 Å². The third-order valence-corrected chi connectivity index (χ3v) is 14.1. The molecule has 52 heavy (non-hydrogen) atoms. The summed E-state index contributed by atoms with van der Waals surface area (Å²) in [5.74, 6) is -0.748. The zero-order chi connectivity index (χ0) is 36.6. The molecule has 2 unspecified atom stereocenters. The molecule has 0 aliphatic carbocycles. The van der Waals surface area contributed by atoms with Crippen LogP contribution in [0.4, 0.5) is 11.4 Å². The zero-order valence-electron chi connectivity index (χ0n) is 29.8. The van der Waals surface area contributed by atoms with Crippen molar-refractivity contribution in [2.45, 2.75) is 75.5 Å². The van der Waals surface area contributed by atoms with Gasteiger partial charge >= 0.3 is 0 Å². The van der Waals surface area contributed by atoms with Crippen LogP contribution in [0.15, 0.2) is 83.5 Å². The first-order valence-electron chi connectivity index (χ1n) is 18.2. The van der Waals surface area contributed by atoms with E-state index in [1.807, 2.05) is 99.0 Å². The van der Waals surface area contributed by atoms with Crippen LogP contribution in [-0.2, 0) is 33.0 Å². The summed E-state index contributed by atoms with van der Waals surface area (Å²) in [7, 11) is -2.86. The Bertz CT molecular complexity index is 1900. The number of piperidine rings is 1. The topological polar surface area (TPSA) is 142 Å². The summed E-state index contributed by atoms with van der Waals surface area (Å²) in [6.07, 6.45) is 3.84. The summed E-state index contributed by atoms with van der Waals surface area (Å²) in [6.45, 7) is 8.24. The van der Waals surface area contributed by atoms with Crippen LogP contribution in [-0.4, -0.2) is 70.8 Å². The second-order valence-electron chi connectivity index (χ2n) is 15.0. The van der Waals surface area contributed by atoms with Crippen LogP contribution >= 0.6 is 15.9 Å². The number of carbonyl (C=O) groups excluding carboxylic acids is 2. The predicted molar refractivity (Wildman–Crippen MR) is 205 cm³/mol. The lowest BCUT2D eigenvalue weighted by Crippen LogP contribution is -2.46. The second kappa shape index (κ2) is 15.0. The van der Waals surface area contributed by atoms with Gasteiger partial charge in [-0.05, 0) is 80.4 Å². The molecular formula is C39H47BrN6O5Si. The summed E-state index contributed by atoms with van der Waals surface area (Å²) in [5, 5.41) is 25.3. The third-order valence-electron chi connectivity index (χ3n) is 11.1. The number of ether oxygens (including phenoxy) is 1. The maximum atomic E-state index is 14.8. The number of aryl methyl sites for hydroxylation is 1. The van der Waals surface area contributed by atoms with Gasteiger partial charge in [0, 0.05) is 46.5 Å². The SMILES string of the molecule is C[C@H]1[C@H]([Si](C)(C)O)[C@@H](CCn2cc(C(CO)c3ccccc3)nn2)O[C@]12C(=O)N(Cc1ccc(NC(=O)C3CCCNC3)cc1)c1ccc(Br)cc12. The fourth-order valence-corrected chi connectivity index (χ4v) is 11.5. The van der Waals surface area contributed by atoms with E-state index in [1.165, 1.54) is 0 Å². The van der Waals surface area contributed by atoms with Gasteiger partial charge in [0.25, 0.3) is 5.91 Å². The number of rotatable bonds is 11. The number of carbonyl (C=O) groups is 2. The Hall–Kier alpha value is -3.72. The molecule has 4 N–H and O–H groups in total. The maximum Gasteiger partial charge on any atom is 0.264 e. The molecule has 1 aromatic heterocycles. The van der Waals surface area contributed by atoms with Gasteiger partial charge in [-0.2, -0.15) is 0 Å². The molecular weight excluding hydrogens is 740 g/mol. The van der Waals surface area contributed by atoms with Crippen molar-refractivity contribution in [3.63, 3.8) is 0 Å². The molecule has 274 valence electrons. The smallest absolute Gasteiger partial charge is 0.264 e. The minimum atomic E-state index is -2.86. The normalized spacial score (nSPS) is 25.0. The number of fused-ring (bicyclic) bond motifs is 2. The number of nitrogens with zero attached hydrogens (tertiary/aromatic N) is 4. The van der Waals surface area contributed by atoms with Crippen LogP contribution in [0.2, 0.25) is 18.6 Å². The lowest BCUT2D eigenvalue weighted by Gasteiger charge is -2.32.